The van der Waals surface area contributed by atoms with Crippen LogP contribution in [0.2, 0.25) is 0 Å². The van der Waals surface area contributed by atoms with Gasteiger partial charge in [-0.1, -0.05) is 6.58 Å². The molecule has 0 aromatic carbocycles. The fourth-order valence-electron chi connectivity index (χ4n) is 8.76. The Kier molecular flexibility index (Phi) is 5.38. The van der Waals surface area contributed by atoms with Crippen LogP contribution in [0, 0.1) is 28.6 Å². The zero-order valence-electron chi connectivity index (χ0n) is 21.0. The number of carbonyl (C=O) groups is 4. The number of ether oxygens (including phenoxy) is 3. The van der Waals surface area contributed by atoms with Gasteiger partial charge in [0.1, 0.15) is 28.2 Å². The molecule has 1 aliphatic heterocycles. The molecule has 198 valence electrons. The number of hydrogen-bond donors (Lipinski definition) is 0. The molecule has 0 radical (unpaired) electrons. The monoisotopic (exact) mass is 524 g/mol. The first kappa shape index (κ1) is 25.4. The van der Waals surface area contributed by atoms with Gasteiger partial charge in [0, 0.05) is 18.8 Å². The van der Waals surface area contributed by atoms with E-state index < -0.39 is 79.5 Å². The molecule has 0 aromatic heterocycles. The Hall–Kier alpha value is -2.27. The fourth-order valence-corrected chi connectivity index (χ4v) is 9.98. The number of fused-ring (bicyclic) bond motifs is 1. The summed E-state index contributed by atoms with van der Waals surface area (Å²) in [4.78, 5) is 50.5. The molecule has 0 amide bonds. The highest BCUT2D eigenvalue weighted by Gasteiger charge is 2.85. The highest BCUT2D eigenvalue weighted by atomic mass is 32.2. The summed E-state index contributed by atoms with van der Waals surface area (Å²) in [5.74, 6) is -4.68. The van der Waals surface area contributed by atoms with Crippen molar-refractivity contribution in [2.75, 3.05) is 12.9 Å². The molecule has 4 bridgehead atoms. The van der Waals surface area contributed by atoms with Crippen molar-refractivity contribution in [3.8, 4) is 0 Å². The van der Waals surface area contributed by atoms with Crippen molar-refractivity contribution in [1.29, 1.82) is 0 Å². The molecule has 5 fully saturated rings. The van der Waals surface area contributed by atoms with Crippen molar-refractivity contribution in [3.05, 3.63) is 12.2 Å². The maximum atomic E-state index is 13.5. The van der Waals surface area contributed by atoms with Gasteiger partial charge in [-0.25, -0.2) is 0 Å². The molecule has 3 unspecified atom stereocenters. The summed E-state index contributed by atoms with van der Waals surface area (Å²) >= 11 is 0. The average molecular weight is 525 g/mol. The second kappa shape index (κ2) is 7.63. The van der Waals surface area contributed by atoms with E-state index in [1.54, 1.807) is 6.92 Å². The number of hydrogen-bond acceptors (Lipinski definition) is 10. The average Bonchev–Trinajstić information content (AvgIpc) is 3.18. The standard InChI is InChI=1S/C25H32O10S/c1-13-10-23-12-24(13,33-15(3)27)8-6-16(23)25-9-7-17(35-36(30,31)11-14(2)26)22(4,21(29)34-25)19(25)18(23)20(28)32-5/h16-19H,1,6-12H2,2-5H3/t16?,17-,18?,19?,22+,23+,24+,25-/m1/s1. The second-order valence-corrected chi connectivity index (χ2v) is 13.1. The van der Waals surface area contributed by atoms with E-state index in [4.69, 9.17) is 18.4 Å². The molecule has 1 saturated heterocycles. The van der Waals surface area contributed by atoms with Crippen LogP contribution in [0.1, 0.15) is 59.3 Å². The lowest BCUT2D eigenvalue weighted by atomic mass is 9.59. The van der Waals surface area contributed by atoms with E-state index >= 15 is 0 Å². The second-order valence-electron chi connectivity index (χ2n) is 11.5. The zero-order chi connectivity index (χ0) is 26.5. The predicted molar refractivity (Wildman–Crippen MR) is 123 cm³/mol. The van der Waals surface area contributed by atoms with Gasteiger partial charge in [0.2, 0.25) is 0 Å². The molecule has 4 aliphatic carbocycles. The van der Waals surface area contributed by atoms with Gasteiger partial charge in [-0.15, -0.1) is 0 Å². The third kappa shape index (κ3) is 3.07. The Morgan fingerprint density at radius 1 is 1.17 bits per heavy atom. The van der Waals surface area contributed by atoms with Crippen molar-refractivity contribution in [3.63, 3.8) is 0 Å². The minimum absolute atomic E-state index is 0.215. The van der Waals surface area contributed by atoms with E-state index in [-0.39, 0.29) is 12.3 Å². The molecule has 4 saturated carbocycles. The summed E-state index contributed by atoms with van der Waals surface area (Å²) in [5, 5.41) is 0. The summed E-state index contributed by atoms with van der Waals surface area (Å²) in [5.41, 5.74) is -3.35. The summed E-state index contributed by atoms with van der Waals surface area (Å²) in [6.07, 6.45) is 1.25. The van der Waals surface area contributed by atoms with Gasteiger partial charge in [-0.05, 0) is 63.4 Å². The summed E-state index contributed by atoms with van der Waals surface area (Å²) in [6, 6.07) is 0. The van der Waals surface area contributed by atoms with Gasteiger partial charge in [-0.2, -0.15) is 8.42 Å². The lowest BCUT2D eigenvalue weighted by Gasteiger charge is -2.46. The molecule has 1 spiro atoms. The van der Waals surface area contributed by atoms with E-state index in [2.05, 4.69) is 6.58 Å². The molecule has 8 atom stereocenters. The van der Waals surface area contributed by atoms with E-state index in [1.807, 2.05) is 0 Å². The molecule has 10 nitrogen and oxygen atoms in total. The van der Waals surface area contributed by atoms with Crippen LogP contribution >= 0.6 is 0 Å². The normalized spacial score (nSPS) is 44.4. The van der Waals surface area contributed by atoms with Crippen molar-refractivity contribution in [1.82, 2.24) is 0 Å². The van der Waals surface area contributed by atoms with Gasteiger partial charge in [0.15, 0.2) is 0 Å². The van der Waals surface area contributed by atoms with Crippen LogP contribution in [0.25, 0.3) is 0 Å². The summed E-state index contributed by atoms with van der Waals surface area (Å²) in [7, 11) is -2.97. The Morgan fingerprint density at radius 3 is 2.47 bits per heavy atom. The van der Waals surface area contributed by atoms with Gasteiger partial charge in [0.05, 0.1) is 19.1 Å². The fraction of sp³-hybridized carbons (Fsp3) is 0.760. The lowest BCUT2D eigenvalue weighted by Crippen LogP contribution is -2.54. The maximum Gasteiger partial charge on any atom is 0.315 e. The van der Waals surface area contributed by atoms with E-state index in [0.29, 0.717) is 32.1 Å². The molecule has 0 aromatic rings. The molecule has 36 heavy (non-hydrogen) atoms. The molecule has 11 heteroatoms. The number of ketones is 1. The number of carbonyl (C=O) groups excluding carboxylic acids is 4. The first-order chi connectivity index (χ1) is 16.7. The topological polar surface area (TPSA) is 139 Å². The predicted octanol–water partition coefficient (Wildman–Crippen LogP) is 1.85. The number of Topliss-reactive ketones (excluding diaryl/α,β-unsaturated/α-hetero) is 1. The smallest absolute Gasteiger partial charge is 0.315 e. The van der Waals surface area contributed by atoms with Crippen LogP contribution in [0.5, 0.6) is 0 Å². The van der Waals surface area contributed by atoms with Gasteiger partial charge in [0.25, 0.3) is 10.1 Å². The summed E-state index contributed by atoms with van der Waals surface area (Å²) < 4.78 is 48.0. The molecule has 5 aliphatic rings. The Labute approximate surface area is 210 Å². The first-order valence-corrected chi connectivity index (χ1v) is 13.8. The first-order valence-electron chi connectivity index (χ1n) is 12.3. The van der Waals surface area contributed by atoms with Gasteiger partial charge < -0.3 is 14.2 Å². The van der Waals surface area contributed by atoms with Crippen molar-refractivity contribution < 1.29 is 46.0 Å². The van der Waals surface area contributed by atoms with E-state index in [0.717, 1.165) is 12.5 Å². The Balaban J connectivity index is 1.63. The molecule has 1 heterocycles. The Morgan fingerprint density at radius 2 is 1.86 bits per heavy atom. The quantitative estimate of drug-likeness (QED) is 0.219. The van der Waals surface area contributed by atoms with Crippen LogP contribution in [0.3, 0.4) is 0 Å². The zero-order valence-corrected chi connectivity index (χ0v) is 21.8. The van der Waals surface area contributed by atoms with E-state index in [9.17, 15) is 27.6 Å². The number of rotatable bonds is 6. The van der Waals surface area contributed by atoms with Gasteiger partial charge >= 0.3 is 17.9 Å². The summed E-state index contributed by atoms with van der Waals surface area (Å²) in [6.45, 7) is 8.32. The van der Waals surface area contributed by atoms with Crippen LogP contribution in [-0.2, 0) is 47.7 Å². The highest BCUT2D eigenvalue weighted by Crippen LogP contribution is 2.79. The highest BCUT2D eigenvalue weighted by molar-refractivity contribution is 7.87. The molecule has 0 N–H and O–H groups in total. The van der Waals surface area contributed by atoms with Crippen LogP contribution in [0.15, 0.2) is 12.2 Å². The van der Waals surface area contributed by atoms with Crippen molar-refractivity contribution in [2.24, 2.45) is 28.6 Å². The van der Waals surface area contributed by atoms with Crippen LogP contribution in [0.4, 0.5) is 0 Å². The van der Waals surface area contributed by atoms with Crippen LogP contribution < -0.4 is 0 Å². The Bertz CT molecular complexity index is 1190. The maximum absolute atomic E-state index is 13.5. The molecular weight excluding hydrogens is 492 g/mol. The third-order valence-electron chi connectivity index (χ3n) is 9.67. The minimum Gasteiger partial charge on any atom is -0.469 e. The van der Waals surface area contributed by atoms with Gasteiger partial charge in [-0.3, -0.25) is 23.4 Å². The van der Waals surface area contributed by atoms with Crippen molar-refractivity contribution >= 4 is 33.8 Å². The molecular formula is C25H32O10S. The SMILES string of the molecule is C=C1C[C@]23C[C@@]1(OC(C)=O)CCC2[C@@]12CC[C@@H](OS(=O)(=O)CC(C)=O)[C@](C)(C(=O)O1)C2C3C(=O)OC. The third-order valence-corrected chi connectivity index (χ3v) is 11.0. The van der Waals surface area contributed by atoms with Crippen LogP contribution in [-0.4, -0.2) is 62.3 Å². The van der Waals surface area contributed by atoms with E-state index in [1.165, 1.54) is 14.0 Å². The minimum atomic E-state index is -4.26. The number of esters is 3. The van der Waals surface area contributed by atoms with Crippen molar-refractivity contribution in [2.45, 2.75) is 76.6 Å². The molecule has 5 rings (SSSR count). The number of methoxy groups -OCH3 is 1. The lowest BCUT2D eigenvalue weighted by molar-refractivity contribution is -0.169. The largest absolute Gasteiger partial charge is 0.469 e.